The van der Waals surface area contributed by atoms with Gasteiger partial charge in [-0.3, -0.25) is 14.3 Å². The summed E-state index contributed by atoms with van der Waals surface area (Å²) in [7, 11) is 0. The van der Waals surface area contributed by atoms with Crippen LogP contribution in [0.25, 0.3) is 0 Å². The summed E-state index contributed by atoms with van der Waals surface area (Å²) >= 11 is 0. The number of nitrogens with two attached hydrogens (primary N) is 2. The van der Waals surface area contributed by atoms with Crippen LogP contribution in [0.4, 0.5) is 5.69 Å². The number of hydrogen-bond acceptors (Lipinski definition) is 4. The van der Waals surface area contributed by atoms with Gasteiger partial charge in [-0.25, -0.2) is 0 Å². The van der Waals surface area contributed by atoms with Gasteiger partial charge in [0.25, 0.3) is 5.91 Å². The number of carbonyl (C=O) groups excluding carboxylic acids is 2. The normalized spacial score (nSPS) is 10.2. The van der Waals surface area contributed by atoms with Gasteiger partial charge in [0.15, 0.2) is 0 Å². The van der Waals surface area contributed by atoms with Crippen molar-refractivity contribution in [1.82, 2.24) is 15.1 Å². The first-order valence-corrected chi connectivity index (χ1v) is 5.36. The molecule has 0 unspecified atom stereocenters. The fraction of sp³-hybridized carbons (Fsp3) is 0.500. The van der Waals surface area contributed by atoms with Crippen LogP contribution >= 0.6 is 0 Å². The van der Waals surface area contributed by atoms with Gasteiger partial charge in [-0.05, 0) is 13.8 Å². The Bertz CT molecular complexity index is 438. The second-order valence-electron chi connectivity index (χ2n) is 3.64. The van der Waals surface area contributed by atoms with Crippen LogP contribution in [0.1, 0.15) is 29.5 Å². The molecule has 17 heavy (non-hydrogen) atoms. The van der Waals surface area contributed by atoms with Crippen LogP contribution < -0.4 is 16.8 Å². The smallest absolute Gasteiger partial charge is 0.271 e. The summed E-state index contributed by atoms with van der Waals surface area (Å²) < 4.78 is 1.53. The monoisotopic (exact) mass is 239 g/mol. The average Bonchev–Trinajstić information content (AvgIpc) is 2.54. The van der Waals surface area contributed by atoms with Crippen LogP contribution in [0, 0.1) is 6.92 Å². The maximum atomic E-state index is 11.8. The van der Waals surface area contributed by atoms with Crippen molar-refractivity contribution in [3.63, 3.8) is 0 Å². The first kappa shape index (κ1) is 13.0. The van der Waals surface area contributed by atoms with E-state index >= 15 is 0 Å². The molecule has 0 fully saturated rings. The molecular weight excluding hydrogens is 222 g/mol. The molecule has 0 aliphatic rings. The fourth-order valence-electron chi connectivity index (χ4n) is 1.45. The van der Waals surface area contributed by atoms with Crippen molar-refractivity contribution in [2.45, 2.75) is 26.8 Å². The van der Waals surface area contributed by atoms with E-state index < -0.39 is 5.91 Å². The topological polar surface area (TPSA) is 116 Å². The predicted molar refractivity (Wildman–Crippen MR) is 63.2 cm³/mol. The molecular formula is C10H17N5O2. The quantitative estimate of drug-likeness (QED) is 0.636. The van der Waals surface area contributed by atoms with Crippen molar-refractivity contribution in [3.8, 4) is 0 Å². The van der Waals surface area contributed by atoms with Gasteiger partial charge >= 0.3 is 0 Å². The van der Waals surface area contributed by atoms with Gasteiger partial charge in [0.1, 0.15) is 5.69 Å². The number of nitrogens with one attached hydrogen (secondary N) is 1. The zero-order valence-electron chi connectivity index (χ0n) is 9.99. The SMILES string of the molecule is CCn1nc(C)c(N)c1C(=O)NCCC(N)=O. The third-order valence-corrected chi connectivity index (χ3v) is 2.35. The van der Waals surface area contributed by atoms with Crippen LogP contribution in [0.3, 0.4) is 0 Å². The summed E-state index contributed by atoms with van der Waals surface area (Å²) in [5.74, 6) is -0.801. The van der Waals surface area contributed by atoms with E-state index in [2.05, 4.69) is 10.4 Å². The molecule has 1 aromatic rings. The van der Waals surface area contributed by atoms with E-state index in [0.717, 1.165) is 0 Å². The van der Waals surface area contributed by atoms with E-state index in [9.17, 15) is 9.59 Å². The minimum absolute atomic E-state index is 0.102. The van der Waals surface area contributed by atoms with Crippen molar-refractivity contribution in [1.29, 1.82) is 0 Å². The molecule has 0 atom stereocenters. The first-order valence-electron chi connectivity index (χ1n) is 5.36. The Labute approximate surface area is 99.1 Å². The summed E-state index contributed by atoms with van der Waals surface area (Å²) in [5.41, 5.74) is 12.1. The van der Waals surface area contributed by atoms with Crippen LogP contribution in [0.2, 0.25) is 0 Å². The zero-order chi connectivity index (χ0) is 13.0. The van der Waals surface area contributed by atoms with Gasteiger partial charge in [0, 0.05) is 19.5 Å². The number of carbonyl (C=O) groups is 2. The maximum absolute atomic E-state index is 11.8. The van der Waals surface area contributed by atoms with E-state index in [1.807, 2.05) is 6.92 Å². The highest BCUT2D eigenvalue weighted by Crippen LogP contribution is 2.15. The highest BCUT2D eigenvalue weighted by atomic mass is 16.2. The number of amides is 2. The number of primary amides is 1. The number of aromatic nitrogens is 2. The van der Waals surface area contributed by atoms with Gasteiger partial charge in [0.05, 0.1) is 11.4 Å². The number of nitrogens with zero attached hydrogens (tertiary/aromatic N) is 2. The molecule has 1 aromatic heterocycles. The molecule has 0 aliphatic carbocycles. The second-order valence-corrected chi connectivity index (χ2v) is 3.64. The summed E-state index contributed by atoms with van der Waals surface area (Å²) in [6.45, 7) is 4.35. The van der Waals surface area contributed by atoms with E-state index in [4.69, 9.17) is 11.5 Å². The molecule has 0 spiro atoms. The molecule has 0 saturated carbocycles. The molecule has 0 aliphatic heterocycles. The highest BCUT2D eigenvalue weighted by molar-refractivity contribution is 5.98. The lowest BCUT2D eigenvalue weighted by atomic mass is 10.3. The minimum Gasteiger partial charge on any atom is -0.395 e. The maximum Gasteiger partial charge on any atom is 0.271 e. The van der Waals surface area contributed by atoms with Crippen molar-refractivity contribution < 1.29 is 9.59 Å². The van der Waals surface area contributed by atoms with Gasteiger partial charge in [-0.15, -0.1) is 0 Å². The Morgan fingerprint density at radius 2 is 2.12 bits per heavy atom. The Hall–Kier alpha value is -2.05. The number of rotatable bonds is 5. The molecule has 1 heterocycles. The predicted octanol–water partition coefficient (Wildman–Crippen LogP) is -0.601. The molecule has 0 radical (unpaired) electrons. The van der Waals surface area contributed by atoms with E-state index in [0.29, 0.717) is 23.6 Å². The average molecular weight is 239 g/mol. The Balaban J connectivity index is 2.77. The van der Waals surface area contributed by atoms with Crippen LogP contribution in [-0.2, 0) is 11.3 Å². The second kappa shape index (κ2) is 5.33. The lowest BCUT2D eigenvalue weighted by Crippen LogP contribution is -2.30. The summed E-state index contributed by atoms with van der Waals surface area (Å²) in [5, 5.41) is 6.71. The van der Waals surface area contributed by atoms with Gasteiger partial charge in [-0.1, -0.05) is 0 Å². The molecule has 0 bridgehead atoms. The molecule has 0 saturated heterocycles. The van der Waals surface area contributed by atoms with Crippen LogP contribution in [-0.4, -0.2) is 28.1 Å². The van der Waals surface area contributed by atoms with Crippen molar-refractivity contribution in [2.24, 2.45) is 5.73 Å². The molecule has 7 heteroatoms. The van der Waals surface area contributed by atoms with Crippen LogP contribution in [0.5, 0.6) is 0 Å². The van der Waals surface area contributed by atoms with E-state index in [-0.39, 0.29) is 18.9 Å². The number of nitrogen functional groups attached to an aromatic ring is 1. The van der Waals surface area contributed by atoms with Gasteiger partial charge in [0.2, 0.25) is 5.91 Å². The molecule has 1 rings (SSSR count). The fourth-order valence-corrected chi connectivity index (χ4v) is 1.45. The van der Waals surface area contributed by atoms with E-state index in [1.54, 1.807) is 6.92 Å². The zero-order valence-corrected chi connectivity index (χ0v) is 9.99. The molecule has 2 amide bonds. The molecule has 7 nitrogen and oxygen atoms in total. The van der Waals surface area contributed by atoms with Crippen molar-refractivity contribution >= 4 is 17.5 Å². The molecule has 0 aromatic carbocycles. The highest BCUT2D eigenvalue weighted by Gasteiger charge is 2.18. The Morgan fingerprint density at radius 1 is 1.47 bits per heavy atom. The summed E-state index contributed by atoms with van der Waals surface area (Å²) in [6.07, 6.45) is 0.102. The summed E-state index contributed by atoms with van der Waals surface area (Å²) in [6, 6.07) is 0. The lowest BCUT2D eigenvalue weighted by molar-refractivity contribution is -0.117. The van der Waals surface area contributed by atoms with Crippen molar-refractivity contribution in [3.05, 3.63) is 11.4 Å². The standard InChI is InChI=1S/C10H17N5O2/c1-3-15-9(8(12)6(2)14-15)10(17)13-5-4-7(11)16/h3-5,12H2,1-2H3,(H2,11,16)(H,13,17). The molecule has 94 valence electrons. The first-order chi connectivity index (χ1) is 7.97. The minimum atomic E-state index is -0.460. The number of aryl methyl sites for hydroxylation is 2. The lowest BCUT2D eigenvalue weighted by Gasteiger charge is -2.06. The van der Waals surface area contributed by atoms with Gasteiger partial charge < -0.3 is 16.8 Å². The Morgan fingerprint density at radius 3 is 2.65 bits per heavy atom. The van der Waals surface area contributed by atoms with Crippen molar-refractivity contribution in [2.75, 3.05) is 12.3 Å². The largest absolute Gasteiger partial charge is 0.395 e. The Kier molecular flexibility index (Phi) is 4.08. The third-order valence-electron chi connectivity index (χ3n) is 2.35. The van der Waals surface area contributed by atoms with E-state index in [1.165, 1.54) is 4.68 Å². The molecule has 5 N–H and O–H groups in total. The van der Waals surface area contributed by atoms with Gasteiger partial charge in [-0.2, -0.15) is 5.10 Å². The third kappa shape index (κ3) is 2.96. The number of anilines is 1. The van der Waals surface area contributed by atoms with Crippen LogP contribution in [0.15, 0.2) is 0 Å². The summed E-state index contributed by atoms with van der Waals surface area (Å²) in [4.78, 5) is 22.4. The number of hydrogen-bond donors (Lipinski definition) is 3.